The van der Waals surface area contributed by atoms with Crippen LogP contribution in [0.25, 0.3) is 0 Å². The van der Waals surface area contributed by atoms with E-state index >= 15 is 0 Å². The van der Waals surface area contributed by atoms with Crippen LogP contribution in [0.3, 0.4) is 0 Å². The Bertz CT molecular complexity index is 569. The van der Waals surface area contributed by atoms with Gasteiger partial charge in [-0.15, -0.1) is 0 Å². The highest BCUT2D eigenvalue weighted by Gasteiger charge is 2.10. The molecule has 0 saturated heterocycles. The number of carbonyl (C=O) groups excluding carboxylic acids is 1. The van der Waals surface area contributed by atoms with Gasteiger partial charge in [-0.05, 0) is 40.2 Å². The van der Waals surface area contributed by atoms with E-state index in [2.05, 4.69) is 31.5 Å². The number of rotatable bonds is 5. The van der Waals surface area contributed by atoms with Crippen LogP contribution in [-0.2, 0) is 6.42 Å². The number of nitrogens with zero attached hydrogens (tertiary/aromatic N) is 1. The molecule has 100 valence electrons. The SMILES string of the molecule is CNC(=O)c1cccnc1NCCc1ccc(Br)o1. The number of aromatic nitrogens is 1. The number of nitrogens with one attached hydrogen (secondary N) is 2. The van der Waals surface area contributed by atoms with Gasteiger partial charge in [0.15, 0.2) is 4.67 Å². The average Bonchev–Trinajstić information content (AvgIpc) is 2.84. The quantitative estimate of drug-likeness (QED) is 0.887. The molecule has 0 aliphatic heterocycles. The molecule has 0 unspecified atom stereocenters. The molecule has 0 fully saturated rings. The fourth-order valence-corrected chi connectivity index (χ4v) is 1.99. The minimum absolute atomic E-state index is 0.156. The summed E-state index contributed by atoms with van der Waals surface area (Å²) in [4.78, 5) is 15.8. The number of hydrogen-bond donors (Lipinski definition) is 2. The lowest BCUT2D eigenvalue weighted by atomic mass is 10.2. The Hall–Kier alpha value is -1.82. The molecule has 2 heterocycles. The number of amides is 1. The predicted molar refractivity (Wildman–Crippen MR) is 76.2 cm³/mol. The standard InChI is InChI=1S/C13H14BrN3O2/c1-15-13(18)10-3-2-7-16-12(10)17-8-6-9-4-5-11(14)19-9/h2-5,7H,6,8H2,1H3,(H,15,18)(H,16,17). The van der Waals surface area contributed by atoms with E-state index in [1.165, 1.54) is 0 Å². The third-order valence-corrected chi connectivity index (χ3v) is 3.00. The minimum atomic E-state index is -0.156. The summed E-state index contributed by atoms with van der Waals surface area (Å²) < 4.78 is 6.11. The fourth-order valence-electron chi connectivity index (χ4n) is 1.65. The molecule has 19 heavy (non-hydrogen) atoms. The predicted octanol–water partition coefficient (Wildman–Crippen LogP) is 2.45. The summed E-state index contributed by atoms with van der Waals surface area (Å²) in [5, 5.41) is 5.73. The van der Waals surface area contributed by atoms with Crippen LogP contribution in [0.1, 0.15) is 16.1 Å². The lowest BCUT2D eigenvalue weighted by Crippen LogP contribution is -2.20. The van der Waals surface area contributed by atoms with E-state index in [0.717, 1.165) is 12.2 Å². The maximum Gasteiger partial charge on any atom is 0.254 e. The van der Waals surface area contributed by atoms with E-state index in [1.807, 2.05) is 12.1 Å². The van der Waals surface area contributed by atoms with Gasteiger partial charge in [0, 0.05) is 26.2 Å². The number of halogens is 1. The molecule has 5 nitrogen and oxygen atoms in total. The van der Waals surface area contributed by atoms with Crippen molar-refractivity contribution in [3.63, 3.8) is 0 Å². The molecule has 2 N–H and O–H groups in total. The molecule has 2 aromatic rings. The van der Waals surface area contributed by atoms with Crippen molar-refractivity contribution < 1.29 is 9.21 Å². The maximum absolute atomic E-state index is 11.7. The first kappa shape index (κ1) is 13.6. The summed E-state index contributed by atoms with van der Waals surface area (Å²) in [5.74, 6) is 1.29. The summed E-state index contributed by atoms with van der Waals surface area (Å²) in [5.41, 5.74) is 0.533. The average molecular weight is 324 g/mol. The van der Waals surface area contributed by atoms with Crippen molar-refractivity contribution in [1.29, 1.82) is 0 Å². The first-order chi connectivity index (χ1) is 9.20. The first-order valence-corrected chi connectivity index (χ1v) is 6.65. The Morgan fingerprint density at radius 2 is 2.26 bits per heavy atom. The van der Waals surface area contributed by atoms with Crippen molar-refractivity contribution in [3.8, 4) is 0 Å². The van der Waals surface area contributed by atoms with Gasteiger partial charge in [0.25, 0.3) is 5.91 Å². The van der Waals surface area contributed by atoms with Crippen molar-refractivity contribution in [2.24, 2.45) is 0 Å². The van der Waals surface area contributed by atoms with Gasteiger partial charge in [-0.25, -0.2) is 4.98 Å². The molecule has 0 atom stereocenters. The fraction of sp³-hybridized carbons (Fsp3) is 0.231. The van der Waals surface area contributed by atoms with Gasteiger partial charge in [-0.3, -0.25) is 4.79 Å². The minimum Gasteiger partial charge on any atom is -0.454 e. The Morgan fingerprint density at radius 3 is 2.95 bits per heavy atom. The Balaban J connectivity index is 1.97. The van der Waals surface area contributed by atoms with Gasteiger partial charge in [0.2, 0.25) is 0 Å². The van der Waals surface area contributed by atoms with Crippen LogP contribution >= 0.6 is 15.9 Å². The molecule has 0 aromatic carbocycles. The highest BCUT2D eigenvalue weighted by atomic mass is 79.9. The second-order valence-corrected chi connectivity index (χ2v) is 4.64. The largest absolute Gasteiger partial charge is 0.454 e. The zero-order valence-corrected chi connectivity index (χ0v) is 12.0. The van der Waals surface area contributed by atoms with E-state index in [0.29, 0.717) is 22.6 Å². The number of anilines is 1. The number of furan rings is 1. The molecule has 2 rings (SSSR count). The van der Waals surface area contributed by atoms with Crippen LogP contribution < -0.4 is 10.6 Å². The third-order valence-electron chi connectivity index (χ3n) is 2.57. The molecule has 0 radical (unpaired) electrons. The zero-order chi connectivity index (χ0) is 13.7. The molecule has 6 heteroatoms. The van der Waals surface area contributed by atoms with Crippen molar-refractivity contribution in [2.75, 3.05) is 18.9 Å². The molecule has 0 saturated carbocycles. The monoisotopic (exact) mass is 323 g/mol. The second kappa shape index (κ2) is 6.38. The van der Waals surface area contributed by atoms with Crippen LogP contribution in [-0.4, -0.2) is 24.5 Å². The Kier molecular flexibility index (Phi) is 4.57. The van der Waals surface area contributed by atoms with Crippen molar-refractivity contribution in [2.45, 2.75) is 6.42 Å². The van der Waals surface area contributed by atoms with E-state index < -0.39 is 0 Å². The summed E-state index contributed by atoms with van der Waals surface area (Å²) in [6.07, 6.45) is 2.37. The smallest absolute Gasteiger partial charge is 0.254 e. The lowest BCUT2D eigenvalue weighted by Gasteiger charge is -2.08. The highest BCUT2D eigenvalue weighted by Crippen LogP contribution is 2.15. The lowest BCUT2D eigenvalue weighted by molar-refractivity contribution is 0.0963. The highest BCUT2D eigenvalue weighted by molar-refractivity contribution is 9.10. The molecule has 0 aliphatic rings. The van der Waals surface area contributed by atoms with Gasteiger partial charge >= 0.3 is 0 Å². The summed E-state index contributed by atoms with van der Waals surface area (Å²) in [7, 11) is 1.60. The van der Waals surface area contributed by atoms with Gasteiger partial charge in [-0.1, -0.05) is 0 Å². The van der Waals surface area contributed by atoms with Crippen LogP contribution in [0, 0.1) is 0 Å². The zero-order valence-electron chi connectivity index (χ0n) is 10.4. The first-order valence-electron chi connectivity index (χ1n) is 5.86. The topological polar surface area (TPSA) is 67.2 Å². The summed E-state index contributed by atoms with van der Waals surface area (Å²) in [6.45, 7) is 0.640. The van der Waals surface area contributed by atoms with Crippen LogP contribution in [0.2, 0.25) is 0 Å². The molecule has 1 amide bonds. The van der Waals surface area contributed by atoms with Gasteiger partial charge in [0.1, 0.15) is 11.6 Å². The summed E-state index contributed by atoms with van der Waals surface area (Å²) >= 11 is 3.26. The molecule has 0 spiro atoms. The van der Waals surface area contributed by atoms with Crippen LogP contribution in [0.5, 0.6) is 0 Å². The number of carbonyl (C=O) groups is 1. The van der Waals surface area contributed by atoms with E-state index in [9.17, 15) is 4.79 Å². The van der Waals surface area contributed by atoms with E-state index in [4.69, 9.17) is 4.42 Å². The molecular weight excluding hydrogens is 310 g/mol. The Morgan fingerprint density at radius 1 is 1.42 bits per heavy atom. The maximum atomic E-state index is 11.7. The normalized spacial score (nSPS) is 10.2. The molecular formula is C13H14BrN3O2. The van der Waals surface area contributed by atoms with Gasteiger partial charge < -0.3 is 15.1 Å². The van der Waals surface area contributed by atoms with Crippen molar-refractivity contribution in [3.05, 3.63) is 46.5 Å². The number of pyridine rings is 1. The Labute approximate surface area is 119 Å². The van der Waals surface area contributed by atoms with Crippen molar-refractivity contribution >= 4 is 27.7 Å². The molecule has 0 bridgehead atoms. The summed E-state index contributed by atoms with van der Waals surface area (Å²) in [6, 6.07) is 7.23. The number of hydrogen-bond acceptors (Lipinski definition) is 4. The van der Waals surface area contributed by atoms with E-state index in [1.54, 1.807) is 25.4 Å². The second-order valence-electron chi connectivity index (χ2n) is 3.86. The molecule has 0 aliphatic carbocycles. The van der Waals surface area contributed by atoms with Gasteiger partial charge in [-0.2, -0.15) is 0 Å². The van der Waals surface area contributed by atoms with Crippen LogP contribution in [0.15, 0.2) is 39.5 Å². The van der Waals surface area contributed by atoms with Crippen molar-refractivity contribution in [1.82, 2.24) is 10.3 Å². The third kappa shape index (κ3) is 3.57. The van der Waals surface area contributed by atoms with Gasteiger partial charge in [0.05, 0.1) is 5.56 Å². The van der Waals surface area contributed by atoms with Crippen LogP contribution in [0.4, 0.5) is 5.82 Å². The van der Waals surface area contributed by atoms with E-state index in [-0.39, 0.29) is 5.91 Å². The molecule has 2 aromatic heterocycles.